The Labute approximate surface area is 154 Å². The topological polar surface area (TPSA) is 54.7 Å². The molecule has 2 aliphatic heterocycles. The first-order valence-electron chi connectivity index (χ1n) is 9.55. The summed E-state index contributed by atoms with van der Waals surface area (Å²) in [4.78, 5) is 14.9. The maximum Gasteiger partial charge on any atom is 0.224 e. The summed E-state index contributed by atoms with van der Waals surface area (Å²) in [6.07, 6.45) is 5.83. The van der Waals surface area contributed by atoms with E-state index in [1.165, 1.54) is 5.56 Å². The van der Waals surface area contributed by atoms with E-state index in [2.05, 4.69) is 22.3 Å². The largest absolute Gasteiger partial charge is 0.493 e. The van der Waals surface area contributed by atoms with E-state index in [1.54, 1.807) is 6.26 Å². The molecule has 0 unspecified atom stereocenters. The van der Waals surface area contributed by atoms with Crippen molar-refractivity contribution in [2.75, 3.05) is 19.7 Å². The minimum Gasteiger partial charge on any atom is -0.493 e. The van der Waals surface area contributed by atoms with Crippen molar-refractivity contribution in [1.82, 2.24) is 10.2 Å². The molecule has 138 valence electrons. The first kappa shape index (κ1) is 17.2. The number of carbonyl (C=O) groups is 1. The van der Waals surface area contributed by atoms with Crippen molar-refractivity contribution in [2.24, 2.45) is 5.92 Å². The third-order valence-corrected chi connectivity index (χ3v) is 5.28. The molecule has 2 aliphatic rings. The van der Waals surface area contributed by atoms with Crippen molar-refractivity contribution in [2.45, 2.75) is 38.8 Å². The summed E-state index contributed by atoms with van der Waals surface area (Å²) >= 11 is 0. The fraction of sp³-hybridized carbons (Fsp3) is 0.476. The number of amides is 1. The van der Waals surface area contributed by atoms with Crippen LogP contribution in [0.3, 0.4) is 0 Å². The predicted molar refractivity (Wildman–Crippen MR) is 98.8 cm³/mol. The van der Waals surface area contributed by atoms with E-state index in [9.17, 15) is 4.79 Å². The Bertz CT molecular complexity index is 742. The molecule has 5 heteroatoms. The van der Waals surface area contributed by atoms with Crippen LogP contribution in [0.1, 0.15) is 36.1 Å². The predicted octanol–water partition coefficient (Wildman–Crippen LogP) is 3.13. The molecule has 0 aliphatic carbocycles. The van der Waals surface area contributed by atoms with Gasteiger partial charge in [0, 0.05) is 13.1 Å². The first-order chi connectivity index (χ1) is 12.8. The number of benzene rings is 1. The van der Waals surface area contributed by atoms with Gasteiger partial charge in [-0.1, -0.05) is 12.1 Å². The summed E-state index contributed by atoms with van der Waals surface area (Å²) in [6, 6.07) is 10.1. The molecule has 1 aromatic carbocycles. The van der Waals surface area contributed by atoms with Crippen molar-refractivity contribution < 1.29 is 13.9 Å². The van der Waals surface area contributed by atoms with Crippen LogP contribution in [-0.2, 0) is 24.3 Å². The molecule has 0 saturated carbocycles. The number of carbonyl (C=O) groups excluding carboxylic acids is 1. The highest BCUT2D eigenvalue weighted by Crippen LogP contribution is 2.25. The average Bonchev–Trinajstić information content (AvgIpc) is 3.19. The smallest absolute Gasteiger partial charge is 0.224 e. The number of aryl methyl sites for hydroxylation is 1. The lowest BCUT2D eigenvalue weighted by Gasteiger charge is -2.31. The van der Waals surface area contributed by atoms with Crippen LogP contribution in [0.15, 0.2) is 41.0 Å². The maximum absolute atomic E-state index is 12.6. The van der Waals surface area contributed by atoms with Gasteiger partial charge in [-0.25, -0.2) is 0 Å². The molecule has 0 spiro atoms. The van der Waals surface area contributed by atoms with Crippen molar-refractivity contribution >= 4 is 5.91 Å². The Morgan fingerprint density at radius 2 is 2.23 bits per heavy atom. The van der Waals surface area contributed by atoms with E-state index < -0.39 is 0 Å². The molecule has 1 atom stereocenters. The lowest BCUT2D eigenvalue weighted by Crippen LogP contribution is -2.42. The highest BCUT2D eigenvalue weighted by Gasteiger charge is 2.26. The zero-order valence-corrected chi connectivity index (χ0v) is 15.1. The number of rotatable bonds is 5. The molecular formula is C21H26N2O3. The van der Waals surface area contributed by atoms with Crippen LogP contribution in [0.5, 0.6) is 5.75 Å². The minimum absolute atomic E-state index is 0.0553. The number of likely N-dealkylation sites (tertiary alicyclic amines) is 1. The van der Waals surface area contributed by atoms with E-state index in [0.29, 0.717) is 6.54 Å². The fourth-order valence-corrected chi connectivity index (χ4v) is 3.89. The number of hydrogen-bond acceptors (Lipinski definition) is 4. The normalized spacial score (nSPS) is 20.2. The van der Waals surface area contributed by atoms with Gasteiger partial charge in [-0.05, 0) is 61.6 Å². The number of nitrogens with zero attached hydrogens (tertiary/aromatic N) is 1. The molecule has 4 rings (SSSR count). The van der Waals surface area contributed by atoms with Gasteiger partial charge in [-0.2, -0.15) is 0 Å². The quantitative estimate of drug-likeness (QED) is 0.896. The number of nitrogens with one attached hydrogen (secondary N) is 1. The highest BCUT2D eigenvalue weighted by atomic mass is 16.5. The van der Waals surface area contributed by atoms with Crippen molar-refractivity contribution in [3.05, 3.63) is 53.5 Å². The molecule has 1 amide bonds. The second kappa shape index (κ2) is 7.96. The third-order valence-electron chi connectivity index (χ3n) is 5.28. The standard InChI is InChI=1S/C21H26N2O3/c24-21(18-4-1-9-23(14-18)15-19-6-3-10-25-19)22-13-16-7-8-20-17(12-16)5-2-11-26-20/h3,6-8,10,12,18H,1-2,4-5,9,11,13-15H2,(H,22,24)/t18-/m0/s1. The Morgan fingerprint density at radius 3 is 3.12 bits per heavy atom. The fourth-order valence-electron chi connectivity index (χ4n) is 3.89. The zero-order valence-electron chi connectivity index (χ0n) is 15.1. The minimum atomic E-state index is 0.0553. The van der Waals surface area contributed by atoms with Gasteiger partial charge in [-0.3, -0.25) is 9.69 Å². The van der Waals surface area contributed by atoms with Crippen molar-refractivity contribution in [1.29, 1.82) is 0 Å². The number of furan rings is 1. The molecule has 1 aromatic heterocycles. The molecule has 0 bridgehead atoms. The van der Waals surface area contributed by atoms with Gasteiger partial charge in [0.2, 0.25) is 5.91 Å². The first-order valence-corrected chi connectivity index (χ1v) is 9.55. The van der Waals surface area contributed by atoms with Gasteiger partial charge >= 0.3 is 0 Å². The number of ether oxygens (including phenoxy) is 1. The summed E-state index contributed by atoms with van der Waals surface area (Å²) in [5, 5.41) is 3.13. The Hall–Kier alpha value is -2.27. The Kier molecular flexibility index (Phi) is 5.25. The second-order valence-electron chi connectivity index (χ2n) is 7.27. The van der Waals surface area contributed by atoms with E-state index >= 15 is 0 Å². The van der Waals surface area contributed by atoms with E-state index in [-0.39, 0.29) is 11.8 Å². The SMILES string of the molecule is O=C(NCc1ccc2c(c1)CCCO2)[C@H]1CCCN(Cc2ccco2)C1. The summed E-state index contributed by atoms with van der Waals surface area (Å²) < 4.78 is 11.1. The lowest BCUT2D eigenvalue weighted by molar-refractivity contribution is -0.127. The molecule has 0 radical (unpaired) electrons. The number of piperidine rings is 1. The molecule has 1 fully saturated rings. The maximum atomic E-state index is 12.6. The molecule has 5 nitrogen and oxygen atoms in total. The molecule has 1 saturated heterocycles. The van der Waals surface area contributed by atoms with Gasteiger partial charge in [0.05, 0.1) is 25.3 Å². The van der Waals surface area contributed by atoms with Crippen LogP contribution in [-0.4, -0.2) is 30.5 Å². The van der Waals surface area contributed by atoms with Crippen LogP contribution in [0, 0.1) is 5.92 Å². The summed E-state index contributed by atoms with van der Waals surface area (Å²) in [5.74, 6) is 2.16. The molecule has 26 heavy (non-hydrogen) atoms. The van der Waals surface area contributed by atoms with Crippen molar-refractivity contribution in [3.63, 3.8) is 0 Å². The van der Waals surface area contributed by atoms with Gasteiger partial charge in [0.15, 0.2) is 0 Å². The van der Waals surface area contributed by atoms with E-state index in [1.807, 2.05) is 18.2 Å². The Morgan fingerprint density at radius 1 is 1.27 bits per heavy atom. The molecular weight excluding hydrogens is 328 g/mol. The molecule has 1 N–H and O–H groups in total. The zero-order chi connectivity index (χ0) is 17.8. The highest BCUT2D eigenvalue weighted by molar-refractivity contribution is 5.79. The van der Waals surface area contributed by atoms with Crippen LogP contribution in [0.25, 0.3) is 0 Å². The monoisotopic (exact) mass is 354 g/mol. The number of fused-ring (bicyclic) bond motifs is 1. The lowest BCUT2D eigenvalue weighted by atomic mass is 9.96. The van der Waals surface area contributed by atoms with Gasteiger partial charge in [-0.15, -0.1) is 0 Å². The summed E-state index contributed by atoms with van der Waals surface area (Å²) in [6.45, 7) is 3.99. The van der Waals surface area contributed by atoms with E-state index in [4.69, 9.17) is 9.15 Å². The second-order valence-corrected chi connectivity index (χ2v) is 7.27. The third kappa shape index (κ3) is 4.10. The summed E-state index contributed by atoms with van der Waals surface area (Å²) in [5.41, 5.74) is 2.40. The van der Waals surface area contributed by atoms with Crippen molar-refractivity contribution in [3.8, 4) is 5.75 Å². The van der Waals surface area contributed by atoms with Crippen LogP contribution >= 0.6 is 0 Å². The Balaban J connectivity index is 1.30. The van der Waals surface area contributed by atoms with Gasteiger partial charge in [0.1, 0.15) is 11.5 Å². The van der Waals surface area contributed by atoms with Crippen LogP contribution in [0.4, 0.5) is 0 Å². The van der Waals surface area contributed by atoms with E-state index in [0.717, 1.165) is 69.0 Å². The average molecular weight is 354 g/mol. The van der Waals surface area contributed by atoms with Gasteiger partial charge < -0.3 is 14.5 Å². The van der Waals surface area contributed by atoms with Gasteiger partial charge in [0.25, 0.3) is 0 Å². The summed E-state index contributed by atoms with van der Waals surface area (Å²) in [7, 11) is 0. The number of hydrogen-bond donors (Lipinski definition) is 1. The molecule has 3 heterocycles. The molecule has 2 aromatic rings. The van der Waals surface area contributed by atoms with Crippen LogP contribution < -0.4 is 10.1 Å². The van der Waals surface area contributed by atoms with Crippen LogP contribution in [0.2, 0.25) is 0 Å².